The summed E-state index contributed by atoms with van der Waals surface area (Å²) in [4.78, 5) is 26.3. The SMILES string of the molecule is COc1cc(CC(=O)Cc2cc(Cc3cccc(N4CCN(C)CC4)c3)ncn2)cc(OC)c1. The van der Waals surface area contributed by atoms with E-state index in [2.05, 4.69) is 51.1 Å². The van der Waals surface area contributed by atoms with Crippen molar-refractivity contribution in [1.82, 2.24) is 14.9 Å². The third-order valence-corrected chi connectivity index (χ3v) is 6.14. The van der Waals surface area contributed by atoms with E-state index < -0.39 is 0 Å². The van der Waals surface area contributed by atoms with E-state index in [0.717, 1.165) is 43.1 Å². The summed E-state index contributed by atoms with van der Waals surface area (Å²) in [6.45, 7) is 4.24. The van der Waals surface area contributed by atoms with Gasteiger partial charge in [-0.3, -0.25) is 4.79 Å². The number of benzene rings is 2. The number of carbonyl (C=O) groups is 1. The Kier molecular flexibility index (Phi) is 7.75. The Hall–Kier alpha value is -3.45. The summed E-state index contributed by atoms with van der Waals surface area (Å²) < 4.78 is 10.6. The normalized spacial score (nSPS) is 14.1. The highest BCUT2D eigenvalue weighted by Crippen LogP contribution is 2.23. The van der Waals surface area contributed by atoms with Crippen molar-refractivity contribution in [1.29, 1.82) is 0 Å². The van der Waals surface area contributed by atoms with Crippen molar-refractivity contribution in [2.24, 2.45) is 0 Å². The van der Waals surface area contributed by atoms with Crippen LogP contribution in [-0.2, 0) is 24.1 Å². The zero-order valence-electron chi connectivity index (χ0n) is 20.2. The van der Waals surface area contributed by atoms with E-state index in [1.165, 1.54) is 11.3 Å². The number of ketones is 1. The second-order valence-electron chi connectivity index (χ2n) is 8.75. The van der Waals surface area contributed by atoms with Crippen molar-refractivity contribution in [2.45, 2.75) is 19.3 Å². The summed E-state index contributed by atoms with van der Waals surface area (Å²) in [6, 6.07) is 16.1. The van der Waals surface area contributed by atoms with Gasteiger partial charge in [0.25, 0.3) is 0 Å². The van der Waals surface area contributed by atoms with Crippen LogP contribution in [0.3, 0.4) is 0 Å². The number of ether oxygens (including phenoxy) is 2. The van der Waals surface area contributed by atoms with Crippen molar-refractivity contribution < 1.29 is 14.3 Å². The first-order valence-corrected chi connectivity index (χ1v) is 11.6. The number of hydrogen-bond donors (Lipinski definition) is 0. The molecule has 3 aromatic rings. The van der Waals surface area contributed by atoms with E-state index in [9.17, 15) is 4.79 Å². The van der Waals surface area contributed by atoms with E-state index in [-0.39, 0.29) is 12.2 Å². The Balaban J connectivity index is 1.40. The molecule has 4 rings (SSSR count). The van der Waals surface area contributed by atoms with Gasteiger partial charge in [0.2, 0.25) is 0 Å². The molecule has 7 heteroatoms. The molecule has 178 valence electrons. The number of methoxy groups -OCH3 is 2. The van der Waals surface area contributed by atoms with Gasteiger partial charge in [0.1, 0.15) is 23.6 Å². The van der Waals surface area contributed by atoms with E-state index in [0.29, 0.717) is 24.3 Å². The molecule has 0 radical (unpaired) electrons. The maximum atomic E-state index is 12.7. The van der Waals surface area contributed by atoms with Crippen LogP contribution in [-0.4, -0.2) is 68.1 Å². The number of aromatic nitrogens is 2. The molecular formula is C27H32N4O3. The van der Waals surface area contributed by atoms with Crippen molar-refractivity contribution in [3.8, 4) is 11.5 Å². The van der Waals surface area contributed by atoms with Crippen LogP contribution in [0.2, 0.25) is 0 Å². The highest BCUT2D eigenvalue weighted by Gasteiger charge is 2.15. The maximum Gasteiger partial charge on any atom is 0.143 e. The summed E-state index contributed by atoms with van der Waals surface area (Å²) >= 11 is 0. The minimum atomic E-state index is 0.0806. The van der Waals surface area contributed by atoms with Gasteiger partial charge >= 0.3 is 0 Å². The van der Waals surface area contributed by atoms with Crippen molar-refractivity contribution >= 4 is 11.5 Å². The summed E-state index contributed by atoms with van der Waals surface area (Å²) in [7, 11) is 5.37. The molecule has 1 aliphatic rings. The van der Waals surface area contributed by atoms with E-state index in [1.54, 1.807) is 26.6 Å². The molecule has 1 saturated heterocycles. The fraction of sp³-hybridized carbons (Fsp3) is 0.370. The topological polar surface area (TPSA) is 67.8 Å². The quantitative estimate of drug-likeness (QED) is 0.486. The van der Waals surface area contributed by atoms with Crippen molar-refractivity contribution in [2.75, 3.05) is 52.3 Å². The van der Waals surface area contributed by atoms with Gasteiger partial charge in [-0.25, -0.2) is 9.97 Å². The standard InChI is InChI=1S/C27H32N4O3/c1-30-7-9-31(10-8-30)24-6-4-5-20(12-24)11-22-16-23(29-19-28-22)17-25(32)13-21-14-26(33-2)18-27(15-21)34-3/h4-6,12,14-16,18-19H,7-11,13,17H2,1-3H3. The Morgan fingerprint density at radius 1 is 0.853 bits per heavy atom. The van der Waals surface area contributed by atoms with Crippen LogP contribution in [0.1, 0.15) is 22.5 Å². The summed E-state index contributed by atoms with van der Waals surface area (Å²) in [5.74, 6) is 1.42. The molecule has 0 aliphatic carbocycles. The van der Waals surface area contributed by atoms with Gasteiger partial charge < -0.3 is 19.3 Å². The summed E-state index contributed by atoms with van der Waals surface area (Å²) in [6.07, 6.45) is 2.81. The number of carbonyl (C=O) groups excluding carboxylic acids is 1. The number of anilines is 1. The molecule has 0 spiro atoms. The predicted molar refractivity (Wildman–Crippen MR) is 133 cm³/mol. The second-order valence-corrected chi connectivity index (χ2v) is 8.75. The Morgan fingerprint density at radius 3 is 2.26 bits per heavy atom. The predicted octanol–water partition coefficient (Wildman–Crippen LogP) is 3.19. The molecule has 1 aliphatic heterocycles. The zero-order chi connectivity index (χ0) is 23.9. The van der Waals surface area contributed by atoms with E-state index >= 15 is 0 Å². The highest BCUT2D eigenvalue weighted by atomic mass is 16.5. The monoisotopic (exact) mass is 460 g/mol. The zero-order valence-corrected chi connectivity index (χ0v) is 20.2. The lowest BCUT2D eigenvalue weighted by Crippen LogP contribution is -2.44. The average Bonchev–Trinajstić information content (AvgIpc) is 2.84. The lowest BCUT2D eigenvalue weighted by atomic mass is 10.0. The van der Waals surface area contributed by atoms with Crippen LogP contribution in [0.25, 0.3) is 0 Å². The van der Waals surface area contributed by atoms with Crippen molar-refractivity contribution in [3.63, 3.8) is 0 Å². The Labute approximate surface area is 201 Å². The van der Waals surface area contributed by atoms with E-state index in [1.807, 2.05) is 18.2 Å². The number of likely N-dealkylation sites (N-methyl/N-ethyl adjacent to an activating group) is 1. The molecule has 0 saturated carbocycles. The third kappa shape index (κ3) is 6.32. The molecule has 2 aromatic carbocycles. The Bertz CT molecular complexity index is 1100. The van der Waals surface area contributed by atoms with Gasteiger partial charge in [-0.1, -0.05) is 12.1 Å². The molecule has 2 heterocycles. The van der Waals surface area contributed by atoms with E-state index in [4.69, 9.17) is 9.47 Å². The van der Waals surface area contributed by atoms with Gasteiger partial charge in [0.05, 0.1) is 19.9 Å². The number of piperazine rings is 1. The molecule has 0 amide bonds. The fourth-order valence-corrected chi connectivity index (χ4v) is 4.23. The van der Waals surface area contributed by atoms with Crippen molar-refractivity contribution in [3.05, 3.63) is 77.4 Å². The smallest absolute Gasteiger partial charge is 0.143 e. The number of nitrogens with zero attached hydrogens (tertiary/aromatic N) is 4. The molecule has 0 atom stereocenters. The molecule has 0 bridgehead atoms. The second kappa shape index (κ2) is 11.1. The molecule has 0 unspecified atom stereocenters. The first kappa shape index (κ1) is 23.7. The maximum absolute atomic E-state index is 12.7. The van der Waals surface area contributed by atoms with Crippen LogP contribution < -0.4 is 14.4 Å². The summed E-state index contributed by atoms with van der Waals surface area (Å²) in [5.41, 5.74) is 4.97. The number of rotatable bonds is 9. The fourth-order valence-electron chi connectivity index (χ4n) is 4.23. The largest absolute Gasteiger partial charge is 0.497 e. The van der Waals surface area contributed by atoms with Gasteiger partial charge in [0, 0.05) is 62.9 Å². The first-order valence-electron chi connectivity index (χ1n) is 11.6. The molecule has 34 heavy (non-hydrogen) atoms. The lowest BCUT2D eigenvalue weighted by molar-refractivity contribution is -0.117. The van der Waals surface area contributed by atoms with Gasteiger partial charge in [-0.05, 0) is 48.5 Å². The third-order valence-electron chi connectivity index (χ3n) is 6.14. The van der Waals surface area contributed by atoms with Gasteiger partial charge in [-0.2, -0.15) is 0 Å². The highest BCUT2D eigenvalue weighted by molar-refractivity contribution is 5.83. The number of Topliss-reactive ketones (excluding diaryl/α,β-unsaturated/α-hetero) is 1. The van der Waals surface area contributed by atoms with Crippen LogP contribution in [0.5, 0.6) is 11.5 Å². The Morgan fingerprint density at radius 2 is 1.56 bits per heavy atom. The average molecular weight is 461 g/mol. The molecule has 7 nitrogen and oxygen atoms in total. The van der Waals surface area contributed by atoms with Gasteiger partial charge in [0.15, 0.2) is 0 Å². The number of hydrogen-bond acceptors (Lipinski definition) is 7. The minimum absolute atomic E-state index is 0.0806. The summed E-state index contributed by atoms with van der Waals surface area (Å²) in [5, 5.41) is 0. The molecule has 1 aromatic heterocycles. The van der Waals surface area contributed by atoms with Crippen LogP contribution in [0, 0.1) is 0 Å². The van der Waals surface area contributed by atoms with Crippen LogP contribution in [0.15, 0.2) is 54.9 Å². The molecule has 1 fully saturated rings. The van der Waals surface area contributed by atoms with Gasteiger partial charge in [-0.15, -0.1) is 0 Å². The van der Waals surface area contributed by atoms with Crippen LogP contribution >= 0.6 is 0 Å². The minimum Gasteiger partial charge on any atom is -0.497 e. The lowest BCUT2D eigenvalue weighted by Gasteiger charge is -2.34. The first-order chi connectivity index (χ1) is 16.5. The van der Waals surface area contributed by atoms with Crippen LogP contribution in [0.4, 0.5) is 5.69 Å². The molecular weight excluding hydrogens is 428 g/mol. The molecule has 0 N–H and O–H groups in total.